The Balaban J connectivity index is 1.91. The quantitative estimate of drug-likeness (QED) is 0.754. The normalized spacial score (nSPS) is 10.3. The summed E-state index contributed by atoms with van der Waals surface area (Å²) in [7, 11) is 1.57. The lowest BCUT2D eigenvalue weighted by molar-refractivity contribution is 0.415. The number of ether oxygens (including phenoxy) is 1. The molecule has 0 fully saturated rings. The van der Waals surface area contributed by atoms with E-state index in [0.29, 0.717) is 16.6 Å². The van der Waals surface area contributed by atoms with Crippen LogP contribution in [0.5, 0.6) is 5.75 Å². The Bertz CT molecular complexity index is 824. The summed E-state index contributed by atoms with van der Waals surface area (Å²) in [6.07, 6.45) is 0. The molecule has 3 N–H and O–H groups in total. The fraction of sp³-hybridized carbons (Fsp3) is 0.0588. The van der Waals surface area contributed by atoms with Crippen molar-refractivity contribution >= 4 is 29.1 Å². The van der Waals surface area contributed by atoms with Crippen LogP contribution in [0.25, 0.3) is 11.3 Å². The van der Waals surface area contributed by atoms with Gasteiger partial charge in [-0.3, -0.25) is 0 Å². The molecule has 116 valence electrons. The van der Waals surface area contributed by atoms with Gasteiger partial charge in [-0.1, -0.05) is 41.9 Å². The van der Waals surface area contributed by atoms with E-state index < -0.39 is 0 Å². The summed E-state index contributed by atoms with van der Waals surface area (Å²) in [6, 6.07) is 17.0. The zero-order valence-electron chi connectivity index (χ0n) is 12.5. The minimum absolute atomic E-state index is 0.202. The van der Waals surface area contributed by atoms with Gasteiger partial charge in [0.15, 0.2) is 0 Å². The molecule has 0 aliphatic carbocycles. The van der Waals surface area contributed by atoms with Crippen molar-refractivity contribution in [3.63, 3.8) is 0 Å². The van der Waals surface area contributed by atoms with E-state index in [9.17, 15) is 0 Å². The van der Waals surface area contributed by atoms with Crippen molar-refractivity contribution < 1.29 is 4.74 Å². The van der Waals surface area contributed by atoms with Crippen molar-refractivity contribution in [1.29, 1.82) is 0 Å². The van der Waals surface area contributed by atoms with Gasteiger partial charge in [-0.2, -0.15) is 4.98 Å². The van der Waals surface area contributed by atoms with Crippen LogP contribution < -0.4 is 15.8 Å². The van der Waals surface area contributed by atoms with Crippen molar-refractivity contribution in [2.45, 2.75) is 0 Å². The molecule has 0 aliphatic heterocycles. The maximum absolute atomic E-state index is 6.13. The van der Waals surface area contributed by atoms with Gasteiger partial charge in [0.05, 0.1) is 17.8 Å². The second-order valence-electron chi connectivity index (χ2n) is 4.84. The van der Waals surface area contributed by atoms with Crippen LogP contribution in [0.3, 0.4) is 0 Å². The third-order valence-electron chi connectivity index (χ3n) is 3.24. The smallest absolute Gasteiger partial charge is 0.222 e. The number of nitrogen functional groups attached to an aromatic ring is 1. The Hall–Kier alpha value is -2.79. The highest BCUT2D eigenvalue weighted by atomic mass is 35.5. The van der Waals surface area contributed by atoms with Gasteiger partial charge in [0.1, 0.15) is 11.6 Å². The highest BCUT2D eigenvalue weighted by Crippen LogP contribution is 2.29. The fourth-order valence-corrected chi connectivity index (χ4v) is 2.44. The molecule has 1 aromatic heterocycles. The predicted octanol–water partition coefficient (Wildman–Crippen LogP) is 4.13. The van der Waals surface area contributed by atoms with Crippen LogP contribution in [0, 0.1) is 0 Å². The van der Waals surface area contributed by atoms with Gasteiger partial charge in [-0.15, -0.1) is 0 Å². The van der Waals surface area contributed by atoms with E-state index >= 15 is 0 Å². The Morgan fingerprint density at radius 2 is 1.83 bits per heavy atom. The monoisotopic (exact) mass is 326 g/mol. The number of rotatable bonds is 4. The summed E-state index contributed by atoms with van der Waals surface area (Å²) in [4.78, 5) is 8.48. The molecule has 0 aliphatic rings. The summed E-state index contributed by atoms with van der Waals surface area (Å²) < 4.78 is 5.14. The van der Waals surface area contributed by atoms with E-state index in [0.717, 1.165) is 16.9 Å². The van der Waals surface area contributed by atoms with Crippen LogP contribution in [0.15, 0.2) is 54.6 Å². The second kappa shape index (κ2) is 6.54. The Morgan fingerprint density at radius 3 is 2.52 bits per heavy atom. The molecule has 0 spiro atoms. The number of nitrogens with two attached hydrogens (primary N) is 1. The number of anilines is 3. The molecule has 6 heteroatoms. The lowest BCUT2D eigenvalue weighted by atomic mass is 10.1. The van der Waals surface area contributed by atoms with Crippen molar-refractivity contribution in [1.82, 2.24) is 9.97 Å². The minimum atomic E-state index is 0.202. The number of hydrogen-bond acceptors (Lipinski definition) is 5. The molecular formula is C17H15ClN4O. The van der Waals surface area contributed by atoms with E-state index in [4.69, 9.17) is 22.1 Å². The summed E-state index contributed by atoms with van der Waals surface area (Å²) in [6.45, 7) is 0. The first-order valence-corrected chi connectivity index (χ1v) is 7.34. The molecule has 1 heterocycles. The third kappa shape index (κ3) is 3.52. The minimum Gasteiger partial charge on any atom is -0.495 e. The number of nitrogens with zero attached hydrogens (tertiary/aromatic N) is 2. The van der Waals surface area contributed by atoms with Crippen molar-refractivity contribution in [2.75, 3.05) is 18.2 Å². The summed E-state index contributed by atoms with van der Waals surface area (Å²) in [5.74, 6) is 1.41. The Morgan fingerprint density at radius 1 is 1.04 bits per heavy atom. The average Bonchev–Trinajstić information content (AvgIpc) is 2.55. The van der Waals surface area contributed by atoms with Gasteiger partial charge in [0.2, 0.25) is 5.95 Å². The number of nitrogens with one attached hydrogen (secondary N) is 1. The van der Waals surface area contributed by atoms with E-state index in [1.807, 2.05) is 42.5 Å². The van der Waals surface area contributed by atoms with Crippen molar-refractivity contribution in [3.8, 4) is 17.0 Å². The largest absolute Gasteiger partial charge is 0.495 e. The first-order valence-electron chi connectivity index (χ1n) is 6.96. The van der Waals surface area contributed by atoms with Gasteiger partial charge in [-0.25, -0.2) is 4.98 Å². The van der Waals surface area contributed by atoms with Crippen LogP contribution >= 0.6 is 11.6 Å². The number of hydrogen-bond donors (Lipinski definition) is 2. The maximum atomic E-state index is 6.13. The van der Waals surface area contributed by atoms with E-state index in [1.54, 1.807) is 19.2 Å². The topological polar surface area (TPSA) is 73.1 Å². The van der Waals surface area contributed by atoms with Gasteiger partial charge >= 0.3 is 0 Å². The molecule has 2 aromatic carbocycles. The number of methoxy groups -OCH3 is 1. The molecule has 0 saturated carbocycles. The Labute approximate surface area is 139 Å². The average molecular weight is 327 g/mol. The molecule has 3 rings (SSSR count). The van der Waals surface area contributed by atoms with E-state index in [1.165, 1.54) is 0 Å². The van der Waals surface area contributed by atoms with Crippen LogP contribution in [0.1, 0.15) is 0 Å². The zero-order chi connectivity index (χ0) is 16.2. The standard InChI is InChI=1S/C17H15ClN4O/c1-23-15-8-7-12(9-13(15)18)20-16-10-14(21-17(19)22-16)11-5-3-2-4-6-11/h2-10H,1H3,(H3,19,20,21,22). The molecule has 0 amide bonds. The van der Waals surface area contributed by atoms with Gasteiger partial charge in [0, 0.05) is 17.3 Å². The third-order valence-corrected chi connectivity index (χ3v) is 3.53. The van der Waals surface area contributed by atoms with Crippen LogP contribution in [0.4, 0.5) is 17.5 Å². The first-order chi connectivity index (χ1) is 11.2. The summed E-state index contributed by atoms with van der Waals surface area (Å²) >= 11 is 6.13. The predicted molar refractivity (Wildman–Crippen MR) is 93.2 cm³/mol. The van der Waals surface area contributed by atoms with E-state index in [-0.39, 0.29) is 5.95 Å². The SMILES string of the molecule is COc1ccc(Nc2cc(-c3ccccc3)nc(N)n2)cc1Cl. The first kappa shape index (κ1) is 15.1. The van der Waals surface area contributed by atoms with Gasteiger partial charge in [0.25, 0.3) is 0 Å². The lowest BCUT2D eigenvalue weighted by Gasteiger charge is -2.10. The van der Waals surface area contributed by atoms with Gasteiger partial charge in [-0.05, 0) is 18.2 Å². The second-order valence-corrected chi connectivity index (χ2v) is 5.24. The molecule has 0 radical (unpaired) electrons. The number of aromatic nitrogens is 2. The molecule has 0 bridgehead atoms. The Kier molecular flexibility index (Phi) is 4.30. The molecule has 0 atom stereocenters. The lowest BCUT2D eigenvalue weighted by Crippen LogP contribution is -2.01. The fourth-order valence-electron chi connectivity index (χ4n) is 2.18. The van der Waals surface area contributed by atoms with Gasteiger partial charge < -0.3 is 15.8 Å². The van der Waals surface area contributed by atoms with Crippen molar-refractivity contribution in [3.05, 3.63) is 59.6 Å². The number of benzene rings is 2. The van der Waals surface area contributed by atoms with E-state index in [2.05, 4.69) is 15.3 Å². The van der Waals surface area contributed by atoms with Crippen molar-refractivity contribution in [2.24, 2.45) is 0 Å². The molecule has 23 heavy (non-hydrogen) atoms. The summed E-state index contributed by atoms with van der Waals surface area (Å²) in [5, 5.41) is 3.69. The van der Waals surface area contributed by atoms with Crippen LogP contribution in [-0.2, 0) is 0 Å². The molecular weight excluding hydrogens is 312 g/mol. The van der Waals surface area contributed by atoms with Crippen LogP contribution in [-0.4, -0.2) is 17.1 Å². The maximum Gasteiger partial charge on any atom is 0.222 e. The number of halogens is 1. The zero-order valence-corrected chi connectivity index (χ0v) is 13.2. The molecule has 3 aromatic rings. The molecule has 0 unspecified atom stereocenters. The highest BCUT2D eigenvalue weighted by molar-refractivity contribution is 6.32. The molecule has 5 nitrogen and oxygen atoms in total. The molecule has 0 saturated heterocycles. The highest BCUT2D eigenvalue weighted by Gasteiger charge is 2.07. The van der Waals surface area contributed by atoms with Crippen LogP contribution in [0.2, 0.25) is 5.02 Å². The summed E-state index contributed by atoms with van der Waals surface area (Å²) in [5.41, 5.74) is 8.32.